The van der Waals surface area contributed by atoms with Gasteiger partial charge in [0.25, 0.3) is 0 Å². The number of sulfonamides is 1. The minimum atomic E-state index is -3.54. The Balaban J connectivity index is 1.31. The van der Waals surface area contributed by atoms with E-state index in [4.69, 9.17) is 9.47 Å². The van der Waals surface area contributed by atoms with Crippen LogP contribution in [0.15, 0.2) is 89.5 Å². The van der Waals surface area contributed by atoms with Gasteiger partial charge in [-0.1, -0.05) is 76.1 Å². The van der Waals surface area contributed by atoms with Crippen molar-refractivity contribution in [2.45, 2.75) is 66.5 Å². The van der Waals surface area contributed by atoms with Crippen molar-refractivity contribution in [1.82, 2.24) is 19.9 Å². The SMILES string of the molecule is COC1=C(NC(=O)Nc2ccc(Oc3ccnc(CN4CC=C(CCC(C)C)C4)c3)c3ccccc23)C=C(C(C)(C)C)CC1NS(C)(=O)=O. The molecule has 262 valence electrons. The second-order valence-electron chi connectivity index (χ2n) is 14.3. The van der Waals surface area contributed by atoms with Gasteiger partial charge < -0.3 is 20.1 Å². The van der Waals surface area contributed by atoms with Crippen LogP contribution in [0.1, 0.15) is 59.6 Å². The molecule has 1 atom stereocenters. The number of urea groups is 1. The zero-order chi connectivity index (χ0) is 35.3. The summed E-state index contributed by atoms with van der Waals surface area (Å²) in [6.45, 7) is 13.3. The molecular weight excluding hydrogens is 639 g/mol. The van der Waals surface area contributed by atoms with Gasteiger partial charge in [-0.2, -0.15) is 0 Å². The lowest BCUT2D eigenvalue weighted by Crippen LogP contribution is -2.42. The number of fused-ring (bicyclic) bond motifs is 1. The number of carbonyl (C=O) groups excluding carboxylic acids is 1. The summed E-state index contributed by atoms with van der Waals surface area (Å²) in [5.74, 6) is 2.39. The van der Waals surface area contributed by atoms with Gasteiger partial charge in [0.1, 0.15) is 17.3 Å². The molecule has 0 fully saturated rings. The Labute approximate surface area is 290 Å². The fourth-order valence-corrected chi connectivity index (χ4v) is 6.90. The molecule has 1 aromatic heterocycles. The molecule has 0 saturated heterocycles. The second kappa shape index (κ2) is 15.1. The van der Waals surface area contributed by atoms with E-state index in [1.807, 2.05) is 75.4 Å². The molecule has 1 aliphatic carbocycles. The maximum atomic E-state index is 13.5. The van der Waals surface area contributed by atoms with Gasteiger partial charge in [-0.3, -0.25) is 9.88 Å². The van der Waals surface area contributed by atoms with Crippen LogP contribution < -0.4 is 20.1 Å². The summed E-state index contributed by atoms with van der Waals surface area (Å²) in [6.07, 6.45) is 9.88. The molecule has 3 aromatic rings. The first-order valence-electron chi connectivity index (χ1n) is 16.8. The van der Waals surface area contributed by atoms with Gasteiger partial charge in [-0.05, 0) is 54.9 Å². The van der Waals surface area contributed by atoms with E-state index in [0.29, 0.717) is 41.0 Å². The highest BCUT2D eigenvalue weighted by Gasteiger charge is 2.32. The summed E-state index contributed by atoms with van der Waals surface area (Å²) in [4.78, 5) is 20.4. The van der Waals surface area contributed by atoms with Gasteiger partial charge >= 0.3 is 6.03 Å². The molecule has 5 rings (SSSR count). The standard InChI is InChI=1S/C38H49N5O5S/c1-25(2)12-13-26-17-19-43(23-26)24-28-22-29(16-18-39-28)48-35-15-14-32(30-10-8-9-11-31(30)35)40-37(44)41-33-20-27(38(3,4)5)21-34(36(33)47-6)42-49(7,45)46/h8-11,14-18,20,22,25,34,42H,12-13,19,21,23-24H2,1-7H3,(H2,40,41,44). The minimum Gasteiger partial charge on any atom is -0.497 e. The van der Waals surface area contributed by atoms with Crippen LogP contribution in [0.2, 0.25) is 0 Å². The molecule has 0 radical (unpaired) electrons. The topological polar surface area (TPSA) is 122 Å². The van der Waals surface area contributed by atoms with E-state index in [-0.39, 0.29) is 5.41 Å². The molecule has 0 saturated carbocycles. The van der Waals surface area contributed by atoms with Crippen molar-refractivity contribution in [2.75, 3.05) is 31.8 Å². The number of amides is 2. The molecule has 11 heteroatoms. The highest BCUT2D eigenvalue weighted by Crippen LogP contribution is 2.37. The molecule has 0 spiro atoms. The molecule has 1 unspecified atom stereocenters. The van der Waals surface area contributed by atoms with Crippen molar-refractivity contribution in [3.05, 3.63) is 95.2 Å². The van der Waals surface area contributed by atoms with E-state index in [1.54, 1.807) is 6.20 Å². The van der Waals surface area contributed by atoms with Gasteiger partial charge in [-0.15, -0.1) is 0 Å². The van der Waals surface area contributed by atoms with Crippen LogP contribution in [0.3, 0.4) is 0 Å². The lowest BCUT2D eigenvalue weighted by Gasteiger charge is -2.33. The van der Waals surface area contributed by atoms with E-state index in [1.165, 1.54) is 19.1 Å². The predicted molar refractivity (Wildman–Crippen MR) is 196 cm³/mol. The average Bonchev–Trinajstić information content (AvgIpc) is 3.47. The number of hydrogen-bond donors (Lipinski definition) is 3. The van der Waals surface area contributed by atoms with E-state index in [2.05, 4.69) is 45.2 Å². The maximum absolute atomic E-state index is 13.5. The fourth-order valence-electron chi connectivity index (χ4n) is 6.19. The fraction of sp³-hybridized carbons (Fsp3) is 0.421. The number of hydrogen-bond acceptors (Lipinski definition) is 7. The lowest BCUT2D eigenvalue weighted by molar-refractivity contribution is 0.239. The molecule has 2 aromatic carbocycles. The van der Waals surface area contributed by atoms with E-state index < -0.39 is 22.1 Å². The molecule has 49 heavy (non-hydrogen) atoms. The lowest BCUT2D eigenvalue weighted by atomic mass is 9.79. The summed E-state index contributed by atoms with van der Waals surface area (Å²) < 4.78 is 39.0. The second-order valence-corrected chi connectivity index (χ2v) is 16.1. The Hall–Kier alpha value is -4.19. The first kappa shape index (κ1) is 36.1. The Morgan fingerprint density at radius 3 is 2.53 bits per heavy atom. The summed E-state index contributed by atoms with van der Waals surface area (Å²) in [7, 11) is -2.07. The van der Waals surface area contributed by atoms with E-state index >= 15 is 0 Å². The number of methoxy groups -OCH3 is 1. The van der Waals surface area contributed by atoms with Crippen molar-refractivity contribution >= 4 is 32.5 Å². The van der Waals surface area contributed by atoms with Crippen molar-refractivity contribution in [3.8, 4) is 11.5 Å². The van der Waals surface area contributed by atoms with Gasteiger partial charge in [-0.25, -0.2) is 17.9 Å². The smallest absolute Gasteiger partial charge is 0.323 e. The molecule has 3 N–H and O–H groups in total. The highest BCUT2D eigenvalue weighted by atomic mass is 32.2. The number of nitrogens with one attached hydrogen (secondary N) is 3. The number of ether oxygens (including phenoxy) is 2. The van der Waals surface area contributed by atoms with E-state index in [0.717, 1.165) is 54.4 Å². The third-order valence-electron chi connectivity index (χ3n) is 8.75. The minimum absolute atomic E-state index is 0.260. The summed E-state index contributed by atoms with van der Waals surface area (Å²) >= 11 is 0. The number of aromatic nitrogens is 1. The Morgan fingerprint density at radius 1 is 1.08 bits per heavy atom. The third-order valence-corrected chi connectivity index (χ3v) is 9.47. The molecule has 0 bridgehead atoms. The van der Waals surface area contributed by atoms with Crippen LogP contribution in [0.5, 0.6) is 11.5 Å². The summed E-state index contributed by atoms with van der Waals surface area (Å²) in [5.41, 5.74) is 4.14. The van der Waals surface area contributed by atoms with Crippen LogP contribution in [0.25, 0.3) is 10.8 Å². The molecule has 2 aliphatic rings. The number of benzene rings is 2. The van der Waals surface area contributed by atoms with Crippen LogP contribution >= 0.6 is 0 Å². The van der Waals surface area contributed by atoms with Gasteiger partial charge in [0.2, 0.25) is 10.0 Å². The number of allylic oxidation sites excluding steroid dienone is 1. The number of anilines is 1. The van der Waals surface area contributed by atoms with Crippen LogP contribution in [0, 0.1) is 11.3 Å². The monoisotopic (exact) mass is 687 g/mol. The molecule has 2 amide bonds. The van der Waals surface area contributed by atoms with Crippen molar-refractivity contribution < 1.29 is 22.7 Å². The number of carbonyl (C=O) groups is 1. The van der Waals surface area contributed by atoms with Crippen LogP contribution in [-0.4, -0.2) is 56.8 Å². The first-order valence-corrected chi connectivity index (χ1v) is 18.7. The highest BCUT2D eigenvalue weighted by molar-refractivity contribution is 7.88. The molecule has 1 aliphatic heterocycles. The first-order chi connectivity index (χ1) is 23.2. The predicted octanol–water partition coefficient (Wildman–Crippen LogP) is 7.48. The number of pyridine rings is 1. The third kappa shape index (κ3) is 9.71. The Morgan fingerprint density at radius 2 is 1.84 bits per heavy atom. The zero-order valence-corrected chi connectivity index (χ0v) is 30.4. The Kier molecular flexibility index (Phi) is 11.2. The Bertz CT molecular complexity index is 1890. The normalized spacial score (nSPS) is 17.3. The molecular formula is C38H49N5O5S. The zero-order valence-electron chi connectivity index (χ0n) is 29.6. The van der Waals surface area contributed by atoms with Crippen molar-refractivity contribution in [2.24, 2.45) is 11.3 Å². The van der Waals surface area contributed by atoms with Gasteiger partial charge in [0, 0.05) is 42.7 Å². The van der Waals surface area contributed by atoms with E-state index in [9.17, 15) is 13.2 Å². The number of nitrogens with zero attached hydrogens (tertiary/aromatic N) is 2. The maximum Gasteiger partial charge on any atom is 0.323 e. The summed E-state index contributed by atoms with van der Waals surface area (Å²) in [5, 5.41) is 7.50. The van der Waals surface area contributed by atoms with Gasteiger partial charge in [0.05, 0.1) is 36.5 Å². The van der Waals surface area contributed by atoms with Gasteiger partial charge in [0.15, 0.2) is 0 Å². The van der Waals surface area contributed by atoms with Crippen LogP contribution in [-0.2, 0) is 21.3 Å². The number of rotatable bonds is 12. The summed E-state index contributed by atoms with van der Waals surface area (Å²) in [6, 6.07) is 14.1. The largest absolute Gasteiger partial charge is 0.497 e. The average molecular weight is 688 g/mol. The van der Waals surface area contributed by atoms with Crippen molar-refractivity contribution in [1.29, 1.82) is 0 Å². The van der Waals surface area contributed by atoms with Crippen molar-refractivity contribution in [3.63, 3.8) is 0 Å². The van der Waals surface area contributed by atoms with Crippen LogP contribution in [0.4, 0.5) is 10.5 Å². The quantitative estimate of drug-likeness (QED) is 0.169. The molecule has 2 heterocycles. The molecule has 10 nitrogen and oxygen atoms in total.